The second kappa shape index (κ2) is 5.42. The maximum absolute atomic E-state index is 13.5. The van der Waals surface area contributed by atoms with Crippen LogP contribution >= 0.6 is 23.8 Å². The van der Waals surface area contributed by atoms with Crippen LogP contribution in [-0.2, 0) is 4.79 Å². The van der Waals surface area contributed by atoms with Crippen LogP contribution in [0.3, 0.4) is 0 Å². The molecule has 0 spiro atoms. The van der Waals surface area contributed by atoms with Crippen LogP contribution in [0.25, 0.3) is 11.0 Å². The van der Waals surface area contributed by atoms with Crippen LogP contribution < -0.4 is 5.32 Å². The van der Waals surface area contributed by atoms with Gasteiger partial charge in [0.25, 0.3) is 0 Å². The molecule has 0 aliphatic rings. The van der Waals surface area contributed by atoms with Gasteiger partial charge in [0, 0.05) is 11.6 Å². The zero-order chi connectivity index (χ0) is 15.9. The molecule has 1 aromatic heterocycles. The molecule has 0 aliphatic carbocycles. The van der Waals surface area contributed by atoms with E-state index >= 15 is 0 Å². The van der Waals surface area contributed by atoms with Gasteiger partial charge in [-0.3, -0.25) is 4.79 Å². The van der Waals surface area contributed by atoms with E-state index in [0.717, 1.165) is 0 Å². The first-order chi connectivity index (χ1) is 9.60. The summed E-state index contributed by atoms with van der Waals surface area (Å²) in [6.45, 7) is 7.44. The molecule has 1 unspecified atom stereocenters. The summed E-state index contributed by atoms with van der Waals surface area (Å²) in [5, 5.41) is 2.89. The van der Waals surface area contributed by atoms with E-state index in [-0.39, 0.29) is 16.5 Å². The Morgan fingerprint density at radius 1 is 1.48 bits per heavy atom. The van der Waals surface area contributed by atoms with Gasteiger partial charge in [0.1, 0.15) is 11.9 Å². The lowest BCUT2D eigenvalue weighted by atomic mass is 10.1. The number of hydrogen-bond acceptors (Lipinski definition) is 2. The molecule has 21 heavy (non-hydrogen) atoms. The number of nitrogens with zero attached hydrogens (tertiary/aromatic N) is 1. The maximum Gasteiger partial charge on any atom is 0.243 e. The molecule has 2 N–H and O–H groups in total. The van der Waals surface area contributed by atoms with Crippen molar-refractivity contribution in [3.8, 4) is 0 Å². The summed E-state index contributed by atoms with van der Waals surface area (Å²) < 4.78 is 15.5. The van der Waals surface area contributed by atoms with Gasteiger partial charge in [0.2, 0.25) is 5.91 Å². The molecule has 0 radical (unpaired) electrons. The highest BCUT2D eigenvalue weighted by Crippen LogP contribution is 2.25. The molecule has 1 atom stereocenters. The van der Waals surface area contributed by atoms with Crippen LogP contribution in [0, 0.1) is 10.6 Å². The van der Waals surface area contributed by atoms with E-state index < -0.39 is 11.9 Å². The number of H-pyrrole nitrogens is 1. The zero-order valence-corrected chi connectivity index (χ0v) is 13.8. The Morgan fingerprint density at radius 3 is 2.67 bits per heavy atom. The normalized spacial score (nSPS) is 13.4. The largest absolute Gasteiger partial charge is 0.350 e. The summed E-state index contributed by atoms with van der Waals surface area (Å²) in [4.78, 5) is 15.2. The van der Waals surface area contributed by atoms with Crippen LogP contribution in [0.4, 0.5) is 4.39 Å². The first-order valence-corrected chi connectivity index (χ1v) is 7.30. The topological polar surface area (TPSA) is 49.8 Å². The number of nitrogens with one attached hydrogen (secondary N) is 2. The first kappa shape index (κ1) is 16.0. The molecule has 0 fully saturated rings. The van der Waals surface area contributed by atoms with E-state index in [0.29, 0.717) is 15.8 Å². The first-order valence-electron chi connectivity index (χ1n) is 6.51. The van der Waals surface area contributed by atoms with E-state index in [1.165, 1.54) is 12.1 Å². The zero-order valence-electron chi connectivity index (χ0n) is 12.3. The Hall–Kier alpha value is -1.40. The minimum Gasteiger partial charge on any atom is -0.350 e. The highest BCUT2D eigenvalue weighted by molar-refractivity contribution is 7.71. The Kier molecular flexibility index (Phi) is 4.13. The Bertz CT molecular complexity index is 760. The van der Waals surface area contributed by atoms with Crippen LogP contribution in [0.1, 0.15) is 33.7 Å². The lowest BCUT2D eigenvalue weighted by Crippen LogP contribution is -2.43. The summed E-state index contributed by atoms with van der Waals surface area (Å²) in [6.07, 6.45) is 0. The number of aromatic nitrogens is 2. The average molecular weight is 330 g/mol. The molecule has 114 valence electrons. The monoisotopic (exact) mass is 329 g/mol. The van der Waals surface area contributed by atoms with Crippen LogP contribution in [0.5, 0.6) is 0 Å². The van der Waals surface area contributed by atoms with Gasteiger partial charge in [-0.2, -0.15) is 0 Å². The predicted octanol–water partition coefficient (Wildman–Crippen LogP) is 3.97. The second-order valence-corrected chi connectivity index (χ2v) is 6.79. The molecule has 0 bridgehead atoms. The van der Waals surface area contributed by atoms with Crippen molar-refractivity contribution in [3.63, 3.8) is 0 Å². The number of fused-ring (bicyclic) bond motifs is 1. The molecule has 0 aliphatic heterocycles. The van der Waals surface area contributed by atoms with Crippen molar-refractivity contribution in [2.75, 3.05) is 0 Å². The molecule has 1 amide bonds. The van der Waals surface area contributed by atoms with Crippen LogP contribution in [-0.4, -0.2) is 21.0 Å². The van der Waals surface area contributed by atoms with Crippen molar-refractivity contribution in [1.29, 1.82) is 0 Å². The van der Waals surface area contributed by atoms with E-state index in [4.69, 9.17) is 23.8 Å². The highest BCUT2D eigenvalue weighted by Gasteiger charge is 2.23. The molecular formula is C14H17ClFN3OS. The van der Waals surface area contributed by atoms with E-state index in [1.807, 2.05) is 20.8 Å². The lowest BCUT2D eigenvalue weighted by Gasteiger charge is -2.24. The van der Waals surface area contributed by atoms with Crippen molar-refractivity contribution < 1.29 is 9.18 Å². The fourth-order valence-electron chi connectivity index (χ4n) is 2.10. The quantitative estimate of drug-likeness (QED) is 0.819. The van der Waals surface area contributed by atoms with E-state index in [9.17, 15) is 9.18 Å². The summed E-state index contributed by atoms with van der Waals surface area (Å²) in [5.74, 6) is -0.695. The van der Waals surface area contributed by atoms with Gasteiger partial charge in [0.15, 0.2) is 4.77 Å². The molecule has 2 rings (SSSR count). The summed E-state index contributed by atoms with van der Waals surface area (Å²) in [6, 6.07) is 2.21. The lowest BCUT2D eigenvalue weighted by molar-refractivity contribution is -0.125. The number of imidazole rings is 1. The molecule has 4 nitrogen and oxygen atoms in total. The summed E-state index contributed by atoms with van der Waals surface area (Å²) in [7, 11) is 0. The number of hydrogen-bond donors (Lipinski definition) is 2. The van der Waals surface area contributed by atoms with Gasteiger partial charge < -0.3 is 14.9 Å². The number of aromatic amines is 1. The Morgan fingerprint density at radius 2 is 2.10 bits per heavy atom. The molecular weight excluding hydrogens is 313 g/mol. The standard InChI is InChI=1S/C14H17ClFN3OS/c1-7(12(20)18-14(2,3)4)19-11-5-8(15)9(16)6-10(11)17-13(19)21/h5-7H,1-4H3,(H,17,21)(H,18,20). The van der Waals surface area contributed by atoms with Crippen LogP contribution in [0.2, 0.25) is 5.02 Å². The van der Waals surface area contributed by atoms with Gasteiger partial charge in [-0.15, -0.1) is 0 Å². The molecule has 0 saturated carbocycles. The second-order valence-electron chi connectivity index (χ2n) is 6.00. The fraction of sp³-hybridized carbons (Fsp3) is 0.429. The highest BCUT2D eigenvalue weighted by atomic mass is 35.5. The van der Waals surface area contributed by atoms with Crippen molar-refractivity contribution in [2.24, 2.45) is 0 Å². The minimum absolute atomic E-state index is 0.00585. The molecule has 1 heterocycles. The third-order valence-electron chi connectivity index (χ3n) is 3.02. The third-order valence-corrected chi connectivity index (χ3v) is 3.61. The molecule has 2 aromatic rings. The summed E-state index contributed by atoms with van der Waals surface area (Å²) >= 11 is 11.1. The molecule has 0 saturated heterocycles. The number of rotatable bonds is 2. The van der Waals surface area contributed by atoms with Crippen molar-refractivity contribution in [2.45, 2.75) is 39.3 Å². The van der Waals surface area contributed by atoms with Gasteiger partial charge in [0.05, 0.1) is 16.1 Å². The average Bonchev–Trinajstić information content (AvgIpc) is 2.62. The number of carbonyl (C=O) groups excluding carboxylic acids is 1. The van der Waals surface area contributed by atoms with Crippen molar-refractivity contribution in [3.05, 3.63) is 27.7 Å². The van der Waals surface area contributed by atoms with Crippen LogP contribution in [0.15, 0.2) is 12.1 Å². The smallest absolute Gasteiger partial charge is 0.243 e. The van der Waals surface area contributed by atoms with Gasteiger partial charge in [-0.25, -0.2) is 4.39 Å². The number of carbonyl (C=O) groups is 1. The predicted molar refractivity (Wildman–Crippen MR) is 84.7 cm³/mol. The third kappa shape index (κ3) is 3.27. The fourth-order valence-corrected chi connectivity index (χ4v) is 2.62. The SMILES string of the molecule is CC(C(=O)NC(C)(C)C)n1c(=S)[nH]c2cc(F)c(Cl)cc21. The Labute approximate surface area is 132 Å². The number of amides is 1. The number of halogens is 2. The van der Waals surface area contributed by atoms with Crippen molar-refractivity contribution in [1.82, 2.24) is 14.9 Å². The van der Waals surface area contributed by atoms with Crippen molar-refractivity contribution >= 4 is 40.8 Å². The minimum atomic E-state index is -0.535. The molecule has 1 aromatic carbocycles. The van der Waals surface area contributed by atoms with E-state index in [1.54, 1.807) is 11.5 Å². The van der Waals surface area contributed by atoms with Gasteiger partial charge in [-0.05, 0) is 46.0 Å². The van der Waals surface area contributed by atoms with Gasteiger partial charge in [-0.1, -0.05) is 11.6 Å². The summed E-state index contributed by atoms with van der Waals surface area (Å²) in [5.41, 5.74) is 0.767. The maximum atomic E-state index is 13.5. The number of benzene rings is 1. The van der Waals surface area contributed by atoms with Gasteiger partial charge >= 0.3 is 0 Å². The Balaban J connectivity index is 2.51. The van der Waals surface area contributed by atoms with E-state index in [2.05, 4.69) is 10.3 Å². The molecule has 7 heteroatoms.